The van der Waals surface area contributed by atoms with Gasteiger partial charge in [-0.1, -0.05) is 96.0 Å². The number of carbonyl (C=O) groups is 2. The van der Waals surface area contributed by atoms with E-state index >= 15 is 0 Å². The molecule has 4 aromatic carbocycles. The number of sulfonamides is 1. The lowest BCUT2D eigenvalue weighted by molar-refractivity contribution is -0.140. The van der Waals surface area contributed by atoms with Gasteiger partial charge in [-0.3, -0.25) is 13.9 Å². The van der Waals surface area contributed by atoms with Gasteiger partial charge >= 0.3 is 0 Å². The lowest BCUT2D eigenvalue weighted by Gasteiger charge is -2.34. The van der Waals surface area contributed by atoms with Crippen LogP contribution in [0.4, 0.5) is 5.69 Å². The zero-order valence-electron chi connectivity index (χ0n) is 25.4. The quantitative estimate of drug-likeness (QED) is 0.198. The molecule has 0 saturated carbocycles. The number of aryl methyl sites for hydroxylation is 1. The van der Waals surface area contributed by atoms with E-state index < -0.39 is 28.5 Å². The average molecular weight is 632 g/mol. The predicted octanol–water partition coefficient (Wildman–Crippen LogP) is 6.32. The molecule has 0 fully saturated rings. The number of amides is 2. The van der Waals surface area contributed by atoms with E-state index in [-0.39, 0.29) is 35.5 Å². The minimum absolute atomic E-state index is 0.0447. The van der Waals surface area contributed by atoms with Gasteiger partial charge in [0.15, 0.2) is 0 Å². The van der Waals surface area contributed by atoms with Gasteiger partial charge in [-0.05, 0) is 68.7 Å². The van der Waals surface area contributed by atoms with Crippen LogP contribution in [0.5, 0.6) is 0 Å². The van der Waals surface area contributed by atoms with Crippen molar-refractivity contribution >= 4 is 39.1 Å². The fourth-order valence-electron chi connectivity index (χ4n) is 4.93. The molecule has 0 bridgehead atoms. The SMILES string of the molecule is Cc1ccc(S(=O)(=O)N(CC(=O)N(Cc2ccccc2)C(Cc2ccccc2)C(=O)NC(C)C)c2cccc(Cl)c2C)cc1. The van der Waals surface area contributed by atoms with Crippen LogP contribution in [0, 0.1) is 13.8 Å². The standard InChI is InChI=1S/C35H38ClN3O4S/c1-25(2)37-35(41)33(22-28-12-7-5-8-13-28)38(23-29-14-9-6-10-15-29)34(40)24-39(32-17-11-16-31(36)27(32)4)44(42,43)30-20-18-26(3)19-21-30/h5-21,25,33H,22-24H2,1-4H3,(H,37,41). The molecule has 0 saturated heterocycles. The second-order valence-electron chi connectivity index (χ2n) is 11.1. The zero-order chi connectivity index (χ0) is 31.9. The van der Waals surface area contributed by atoms with Crippen molar-refractivity contribution in [3.05, 3.63) is 130 Å². The molecule has 0 aromatic heterocycles. The molecule has 4 aromatic rings. The molecule has 0 spiro atoms. The summed E-state index contributed by atoms with van der Waals surface area (Å²) in [6.07, 6.45) is 0.249. The van der Waals surface area contributed by atoms with Crippen LogP contribution in [0.1, 0.15) is 36.1 Å². The summed E-state index contributed by atoms with van der Waals surface area (Å²) in [5, 5.41) is 3.34. The van der Waals surface area contributed by atoms with Crippen molar-refractivity contribution in [1.82, 2.24) is 10.2 Å². The van der Waals surface area contributed by atoms with Crippen molar-refractivity contribution in [2.24, 2.45) is 0 Å². The monoisotopic (exact) mass is 631 g/mol. The molecule has 7 nitrogen and oxygen atoms in total. The first-order valence-corrected chi connectivity index (χ1v) is 16.3. The number of carbonyl (C=O) groups excluding carboxylic acids is 2. The average Bonchev–Trinajstić information content (AvgIpc) is 3.00. The minimum atomic E-state index is -4.21. The first-order valence-electron chi connectivity index (χ1n) is 14.5. The third-order valence-electron chi connectivity index (χ3n) is 7.29. The molecule has 230 valence electrons. The van der Waals surface area contributed by atoms with E-state index in [2.05, 4.69) is 5.32 Å². The van der Waals surface area contributed by atoms with Crippen molar-refractivity contribution < 1.29 is 18.0 Å². The maximum absolute atomic E-state index is 14.5. The Balaban J connectivity index is 1.82. The molecule has 0 aliphatic heterocycles. The van der Waals surface area contributed by atoms with Gasteiger partial charge in [-0.25, -0.2) is 8.42 Å². The van der Waals surface area contributed by atoms with Gasteiger partial charge in [-0.2, -0.15) is 0 Å². The van der Waals surface area contributed by atoms with Crippen molar-refractivity contribution in [3.8, 4) is 0 Å². The summed E-state index contributed by atoms with van der Waals surface area (Å²) in [5.74, 6) is -0.844. The van der Waals surface area contributed by atoms with Crippen molar-refractivity contribution in [2.75, 3.05) is 10.8 Å². The van der Waals surface area contributed by atoms with E-state index in [0.717, 1.165) is 21.0 Å². The summed E-state index contributed by atoms with van der Waals surface area (Å²) in [4.78, 5) is 29.8. The van der Waals surface area contributed by atoms with Crippen molar-refractivity contribution in [2.45, 2.75) is 57.6 Å². The maximum atomic E-state index is 14.5. The number of anilines is 1. The van der Waals surface area contributed by atoms with Gasteiger partial charge in [0.1, 0.15) is 12.6 Å². The number of rotatable bonds is 12. The molecule has 44 heavy (non-hydrogen) atoms. The number of hydrogen-bond donors (Lipinski definition) is 1. The number of halogens is 1. The topological polar surface area (TPSA) is 86.8 Å². The van der Waals surface area contributed by atoms with Gasteiger partial charge in [-0.15, -0.1) is 0 Å². The number of nitrogens with zero attached hydrogens (tertiary/aromatic N) is 2. The Morgan fingerprint density at radius 3 is 1.98 bits per heavy atom. The van der Waals surface area contributed by atoms with Gasteiger partial charge < -0.3 is 10.2 Å². The van der Waals surface area contributed by atoms with E-state index in [1.165, 1.54) is 17.0 Å². The van der Waals surface area contributed by atoms with E-state index in [1.54, 1.807) is 37.3 Å². The normalized spacial score (nSPS) is 12.0. The maximum Gasteiger partial charge on any atom is 0.264 e. The molecular formula is C35H38ClN3O4S. The number of benzene rings is 4. The summed E-state index contributed by atoms with van der Waals surface area (Å²) in [7, 11) is -4.21. The molecule has 0 heterocycles. The third kappa shape index (κ3) is 8.07. The Labute approximate surface area is 265 Å². The van der Waals surface area contributed by atoms with Gasteiger partial charge in [0, 0.05) is 24.0 Å². The van der Waals surface area contributed by atoms with Crippen molar-refractivity contribution in [3.63, 3.8) is 0 Å². The second-order valence-corrected chi connectivity index (χ2v) is 13.4. The smallest absolute Gasteiger partial charge is 0.264 e. The lowest BCUT2D eigenvalue weighted by Crippen LogP contribution is -2.54. The Kier molecular flexibility index (Phi) is 10.8. The zero-order valence-corrected chi connectivity index (χ0v) is 27.0. The van der Waals surface area contributed by atoms with Crippen LogP contribution in [0.25, 0.3) is 0 Å². The molecule has 1 N–H and O–H groups in total. The number of nitrogens with one attached hydrogen (secondary N) is 1. The van der Waals surface area contributed by atoms with Gasteiger partial charge in [0.2, 0.25) is 11.8 Å². The van der Waals surface area contributed by atoms with Crippen LogP contribution in [-0.4, -0.2) is 43.8 Å². The van der Waals surface area contributed by atoms with Crippen LogP contribution >= 0.6 is 11.6 Å². The van der Waals surface area contributed by atoms with Crippen LogP contribution < -0.4 is 9.62 Å². The van der Waals surface area contributed by atoms with Gasteiger partial charge in [0.25, 0.3) is 10.0 Å². The highest BCUT2D eigenvalue weighted by atomic mass is 35.5. The van der Waals surface area contributed by atoms with Crippen LogP contribution in [-0.2, 0) is 32.6 Å². The van der Waals surface area contributed by atoms with Crippen molar-refractivity contribution in [1.29, 1.82) is 0 Å². The van der Waals surface area contributed by atoms with E-state index in [0.29, 0.717) is 10.6 Å². The number of hydrogen-bond acceptors (Lipinski definition) is 4. The summed E-state index contributed by atoms with van der Waals surface area (Å²) >= 11 is 6.44. The second kappa shape index (κ2) is 14.6. The highest BCUT2D eigenvalue weighted by Gasteiger charge is 2.35. The molecule has 1 atom stereocenters. The fraction of sp³-hybridized carbons (Fsp3) is 0.257. The molecule has 0 aliphatic rings. The molecule has 0 radical (unpaired) electrons. The highest BCUT2D eigenvalue weighted by molar-refractivity contribution is 7.92. The molecule has 4 rings (SSSR count). The van der Waals surface area contributed by atoms with E-state index in [1.807, 2.05) is 81.4 Å². The molecular weight excluding hydrogens is 594 g/mol. The van der Waals surface area contributed by atoms with Crippen LogP contribution in [0.3, 0.4) is 0 Å². The minimum Gasteiger partial charge on any atom is -0.352 e. The Hall–Kier alpha value is -4.14. The molecule has 2 amide bonds. The summed E-state index contributed by atoms with van der Waals surface area (Å²) in [5.41, 5.74) is 3.39. The highest BCUT2D eigenvalue weighted by Crippen LogP contribution is 2.31. The summed E-state index contributed by atoms with van der Waals surface area (Å²) < 4.78 is 29.5. The van der Waals surface area contributed by atoms with Crippen LogP contribution in [0.2, 0.25) is 5.02 Å². The fourth-order valence-corrected chi connectivity index (χ4v) is 6.57. The van der Waals surface area contributed by atoms with Gasteiger partial charge in [0.05, 0.1) is 10.6 Å². The first-order chi connectivity index (χ1) is 21.0. The Bertz CT molecular complexity index is 1680. The molecule has 0 aliphatic carbocycles. The lowest BCUT2D eigenvalue weighted by atomic mass is 10.0. The van der Waals surface area contributed by atoms with E-state index in [9.17, 15) is 18.0 Å². The predicted molar refractivity (Wildman–Crippen MR) is 176 cm³/mol. The molecule has 9 heteroatoms. The Morgan fingerprint density at radius 2 is 1.39 bits per heavy atom. The largest absolute Gasteiger partial charge is 0.352 e. The first kappa shape index (κ1) is 32.8. The third-order valence-corrected chi connectivity index (χ3v) is 9.48. The van der Waals surface area contributed by atoms with E-state index in [4.69, 9.17) is 11.6 Å². The molecule has 1 unspecified atom stereocenters. The Morgan fingerprint density at radius 1 is 0.795 bits per heavy atom. The van der Waals surface area contributed by atoms with Crippen LogP contribution in [0.15, 0.2) is 108 Å². The summed E-state index contributed by atoms with van der Waals surface area (Å²) in [6, 6.07) is 29.2. The summed E-state index contributed by atoms with van der Waals surface area (Å²) in [6.45, 7) is 6.88.